The Bertz CT molecular complexity index is 602. The van der Waals surface area contributed by atoms with Gasteiger partial charge in [0.1, 0.15) is 0 Å². The van der Waals surface area contributed by atoms with E-state index in [1.807, 2.05) is 65.0 Å². The van der Waals surface area contributed by atoms with Crippen LogP contribution in [0.25, 0.3) is 0 Å². The first kappa shape index (κ1) is 22.2. The highest BCUT2D eigenvalue weighted by molar-refractivity contribution is 5.77. The lowest BCUT2D eigenvalue weighted by Crippen LogP contribution is -2.45. The van der Waals surface area contributed by atoms with Gasteiger partial charge in [-0.05, 0) is 43.1 Å². The molecule has 1 aromatic rings. The van der Waals surface area contributed by atoms with E-state index in [9.17, 15) is 19.8 Å². The topological polar surface area (TPSA) is 74.6 Å². The van der Waals surface area contributed by atoms with Crippen molar-refractivity contribution in [3.05, 3.63) is 35.9 Å². The summed E-state index contributed by atoms with van der Waals surface area (Å²) in [6, 6.07) is 9.60. The van der Waals surface area contributed by atoms with Gasteiger partial charge in [0.15, 0.2) is 0 Å². The summed E-state index contributed by atoms with van der Waals surface area (Å²) in [5.41, 5.74) is -1.33. The highest BCUT2D eigenvalue weighted by Gasteiger charge is 2.50. The van der Waals surface area contributed by atoms with Crippen molar-refractivity contribution in [3.63, 3.8) is 0 Å². The molecule has 26 heavy (non-hydrogen) atoms. The molecular formula is C22H34O4. The predicted molar refractivity (Wildman–Crippen MR) is 104 cm³/mol. The summed E-state index contributed by atoms with van der Waals surface area (Å²) in [4.78, 5) is 24.4. The van der Waals surface area contributed by atoms with Crippen LogP contribution >= 0.6 is 0 Å². The lowest BCUT2D eigenvalue weighted by atomic mass is 9.59. The zero-order valence-electron chi connectivity index (χ0n) is 16.8. The van der Waals surface area contributed by atoms with Gasteiger partial charge in [0.25, 0.3) is 0 Å². The molecule has 2 atom stereocenters. The van der Waals surface area contributed by atoms with Crippen molar-refractivity contribution in [1.82, 2.24) is 0 Å². The highest BCUT2D eigenvalue weighted by Crippen LogP contribution is 2.49. The molecule has 0 aliphatic carbocycles. The zero-order valence-corrected chi connectivity index (χ0v) is 16.8. The van der Waals surface area contributed by atoms with Crippen LogP contribution in [0.4, 0.5) is 0 Å². The molecule has 0 fully saturated rings. The summed E-state index contributed by atoms with van der Waals surface area (Å²) in [6.45, 7) is 9.71. The van der Waals surface area contributed by atoms with Gasteiger partial charge < -0.3 is 10.2 Å². The summed E-state index contributed by atoms with van der Waals surface area (Å²) in [6.07, 6.45) is 2.93. The number of rotatable bonds is 10. The third kappa shape index (κ3) is 4.66. The molecule has 4 nitrogen and oxygen atoms in total. The average molecular weight is 363 g/mol. The summed E-state index contributed by atoms with van der Waals surface area (Å²) < 4.78 is 0. The Morgan fingerprint density at radius 1 is 0.885 bits per heavy atom. The molecule has 1 aromatic carbocycles. The first-order valence-corrected chi connectivity index (χ1v) is 9.55. The molecule has 0 saturated heterocycles. The van der Waals surface area contributed by atoms with Crippen molar-refractivity contribution in [3.8, 4) is 0 Å². The predicted octanol–water partition coefficient (Wildman–Crippen LogP) is 5.41. The standard InChI is InChI=1S/C22H34O4/c1-6-13-22(19(25)26,20(3,4)5)15-14-21(7-2,18(23)24)16-17-11-9-8-10-12-17/h8-12H,6-7,13-16H2,1-5H3,(H,23,24)(H,25,26). The molecule has 0 aliphatic rings. The van der Waals surface area contributed by atoms with Crippen molar-refractivity contribution in [1.29, 1.82) is 0 Å². The maximum absolute atomic E-state index is 12.2. The SMILES string of the molecule is CCCC(CCC(CC)(Cc1ccccc1)C(=O)O)(C(=O)O)C(C)(C)C. The summed E-state index contributed by atoms with van der Waals surface area (Å²) >= 11 is 0. The van der Waals surface area contributed by atoms with Crippen molar-refractivity contribution in [2.45, 2.75) is 73.1 Å². The molecule has 2 unspecified atom stereocenters. The maximum atomic E-state index is 12.2. The van der Waals surface area contributed by atoms with Crippen LogP contribution in [0.3, 0.4) is 0 Å². The molecule has 0 spiro atoms. The number of hydrogen-bond donors (Lipinski definition) is 2. The minimum absolute atomic E-state index is 0.358. The maximum Gasteiger partial charge on any atom is 0.310 e. The molecule has 146 valence electrons. The molecule has 2 N–H and O–H groups in total. The Morgan fingerprint density at radius 3 is 1.85 bits per heavy atom. The summed E-state index contributed by atoms with van der Waals surface area (Å²) in [7, 11) is 0. The van der Waals surface area contributed by atoms with E-state index >= 15 is 0 Å². The van der Waals surface area contributed by atoms with Crippen molar-refractivity contribution in [2.24, 2.45) is 16.2 Å². The number of hydrogen-bond acceptors (Lipinski definition) is 2. The summed E-state index contributed by atoms with van der Waals surface area (Å²) in [5, 5.41) is 20.0. The van der Waals surface area contributed by atoms with Crippen LogP contribution in [0, 0.1) is 16.2 Å². The first-order chi connectivity index (χ1) is 12.0. The monoisotopic (exact) mass is 362 g/mol. The number of carbonyl (C=O) groups is 2. The second kappa shape index (κ2) is 8.70. The average Bonchev–Trinajstić information content (AvgIpc) is 2.56. The van der Waals surface area contributed by atoms with Crippen molar-refractivity contribution in [2.75, 3.05) is 0 Å². The molecule has 0 saturated carbocycles. The van der Waals surface area contributed by atoms with Crippen LogP contribution in [0.5, 0.6) is 0 Å². The van der Waals surface area contributed by atoms with E-state index < -0.39 is 28.2 Å². The third-order valence-electron chi connectivity index (χ3n) is 6.07. The Labute approximate surface area is 157 Å². The van der Waals surface area contributed by atoms with E-state index in [1.54, 1.807) is 0 Å². The van der Waals surface area contributed by atoms with E-state index in [4.69, 9.17) is 0 Å². The number of carboxylic acids is 2. The lowest BCUT2D eigenvalue weighted by molar-refractivity contribution is -0.161. The van der Waals surface area contributed by atoms with Crippen LogP contribution in [0.1, 0.15) is 72.3 Å². The number of aliphatic carboxylic acids is 2. The Hall–Kier alpha value is -1.84. The minimum Gasteiger partial charge on any atom is -0.481 e. The Balaban J connectivity index is 3.21. The van der Waals surface area contributed by atoms with E-state index in [-0.39, 0.29) is 0 Å². The molecule has 0 heterocycles. The molecular weight excluding hydrogens is 328 g/mol. The van der Waals surface area contributed by atoms with Crippen LogP contribution in [-0.2, 0) is 16.0 Å². The van der Waals surface area contributed by atoms with E-state index in [0.29, 0.717) is 32.1 Å². The third-order valence-corrected chi connectivity index (χ3v) is 6.07. The van der Waals surface area contributed by atoms with Gasteiger partial charge in [-0.25, -0.2) is 0 Å². The van der Waals surface area contributed by atoms with Crippen LogP contribution in [0.15, 0.2) is 30.3 Å². The summed E-state index contributed by atoms with van der Waals surface area (Å²) in [5.74, 6) is -1.66. The molecule has 0 radical (unpaired) electrons. The smallest absolute Gasteiger partial charge is 0.310 e. The molecule has 4 heteroatoms. The second-order valence-electron chi connectivity index (χ2n) is 8.49. The number of benzene rings is 1. The highest BCUT2D eigenvalue weighted by atomic mass is 16.4. The van der Waals surface area contributed by atoms with Gasteiger partial charge >= 0.3 is 11.9 Å². The van der Waals surface area contributed by atoms with Gasteiger partial charge in [-0.1, -0.05) is 71.4 Å². The fourth-order valence-electron chi connectivity index (χ4n) is 4.00. The minimum atomic E-state index is -0.943. The quantitative estimate of drug-likeness (QED) is 0.584. The number of carboxylic acid groups (broad SMARTS) is 2. The lowest BCUT2D eigenvalue weighted by Gasteiger charge is -2.43. The first-order valence-electron chi connectivity index (χ1n) is 9.55. The Morgan fingerprint density at radius 2 is 1.46 bits per heavy atom. The Kier molecular flexibility index (Phi) is 7.43. The largest absolute Gasteiger partial charge is 0.481 e. The van der Waals surface area contributed by atoms with Gasteiger partial charge in [-0.2, -0.15) is 0 Å². The van der Waals surface area contributed by atoms with Gasteiger partial charge in [0, 0.05) is 0 Å². The molecule has 0 amide bonds. The normalized spacial score (nSPS) is 16.5. The van der Waals surface area contributed by atoms with Crippen LogP contribution < -0.4 is 0 Å². The van der Waals surface area contributed by atoms with E-state index in [2.05, 4.69) is 0 Å². The molecule has 1 rings (SSSR count). The van der Waals surface area contributed by atoms with Crippen LogP contribution in [0.2, 0.25) is 0 Å². The van der Waals surface area contributed by atoms with Crippen molar-refractivity contribution < 1.29 is 19.8 Å². The molecule has 0 aliphatic heterocycles. The molecule has 0 bridgehead atoms. The fourth-order valence-corrected chi connectivity index (χ4v) is 4.00. The van der Waals surface area contributed by atoms with E-state index in [1.165, 1.54) is 0 Å². The fraction of sp³-hybridized carbons (Fsp3) is 0.636. The second-order valence-corrected chi connectivity index (χ2v) is 8.49. The van der Waals surface area contributed by atoms with Gasteiger partial charge in [0.05, 0.1) is 10.8 Å². The van der Waals surface area contributed by atoms with Gasteiger partial charge in [-0.3, -0.25) is 9.59 Å². The van der Waals surface area contributed by atoms with Crippen LogP contribution in [-0.4, -0.2) is 22.2 Å². The van der Waals surface area contributed by atoms with Crippen molar-refractivity contribution >= 4 is 11.9 Å². The zero-order chi connectivity index (χ0) is 20.0. The van der Waals surface area contributed by atoms with Gasteiger partial charge in [0.2, 0.25) is 0 Å². The molecule has 0 aromatic heterocycles. The van der Waals surface area contributed by atoms with E-state index in [0.717, 1.165) is 12.0 Å². The van der Waals surface area contributed by atoms with Gasteiger partial charge in [-0.15, -0.1) is 0 Å².